The fourth-order valence-electron chi connectivity index (χ4n) is 1.44. The number of hydrogen-bond acceptors (Lipinski definition) is 5. The quantitative estimate of drug-likeness (QED) is 0.719. The molecule has 0 aliphatic carbocycles. The Morgan fingerprint density at radius 1 is 1.44 bits per heavy atom. The van der Waals surface area contributed by atoms with Gasteiger partial charge in [0.1, 0.15) is 18.0 Å². The zero-order chi connectivity index (χ0) is 12.3. The number of nitrogens with zero attached hydrogens (tertiary/aromatic N) is 2. The summed E-state index contributed by atoms with van der Waals surface area (Å²) in [5.41, 5.74) is 6.30. The summed E-state index contributed by atoms with van der Waals surface area (Å²) in [7, 11) is 0. The van der Waals surface area contributed by atoms with Gasteiger partial charge in [0.05, 0.1) is 12.1 Å². The second-order valence-corrected chi connectivity index (χ2v) is 4.84. The number of nitrogens with one attached hydrogen (secondary N) is 1. The Bertz CT molecular complexity index is 363. The molecule has 5 nitrogen and oxygen atoms in total. The molecule has 0 aromatic carbocycles. The average Bonchev–Trinajstić information content (AvgIpc) is 2.16. The second-order valence-electron chi connectivity index (χ2n) is 4.84. The van der Waals surface area contributed by atoms with Crippen molar-refractivity contribution in [2.24, 2.45) is 0 Å². The van der Waals surface area contributed by atoms with Crippen LogP contribution in [-0.2, 0) is 0 Å². The Morgan fingerprint density at radius 3 is 2.56 bits per heavy atom. The summed E-state index contributed by atoms with van der Waals surface area (Å²) >= 11 is 0. The van der Waals surface area contributed by atoms with Gasteiger partial charge < -0.3 is 16.2 Å². The highest BCUT2D eigenvalue weighted by Crippen LogP contribution is 2.27. The first kappa shape index (κ1) is 12.7. The smallest absolute Gasteiger partial charge is 0.135 e. The summed E-state index contributed by atoms with van der Waals surface area (Å²) in [6, 6.07) is 0. The van der Waals surface area contributed by atoms with Crippen LogP contribution < -0.4 is 11.1 Å². The summed E-state index contributed by atoms with van der Waals surface area (Å²) in [6.07, 6.45) is 1.43. The molecule has 0 spiro atoms. The summed E-state index contributed by atoms with van der Waals surface area (Å²) in [5, 5.41) is 12.4. The predicted octanol–water partition coefficient (Wildman–Crippen LogP) is 1.36. The summed E-state index contributed by atoms with van der Waals surface area (Å²) in [6.45, 7) is 7.89. The molecule has 1 heterocycles. The zero-order valence-corrected chi connectivity index (χ0v) is 10.3. The number of anilines is 2. The van der Waals surface area contributed by atoms with Crippen molar-refractivity contribution in [3.63, 3.8) is 0 Å². The van der Waals surface area contributed by atoms with E-state index in [1.54, 1.807) is 0 Å². The number of aromatic nitrogens is 2. The van der Waals surface area contributed by atoms with E-state index in [0.29, 0.717) is 11.6 Å². The first-order valence-corrected chi connectivity index (χ1v) is 5.37. The molecule has 0 bridgehead atoms. The van der Waals surface area contributed by atoms with Gasteiger partial charge in [0.2, 0.25) is 0 Å². The molecule has 4 N–H and O–H groups in total. The molecule has 16 heavy (non-hydrogen) atoms. The van der Waals surface area contributed by atoms with Crippen molar-refractivity contribution in [3.05, 3.63) is 11.9 Å². The molecule has 0 radical (unpaired) electrons. The lowest BCUT2D eigenvalue weighted by molar-refractivity contribution is 0.233. The SMILES string of the molecule is CC(C)c1c(N)ncnc1NC(C)(C)CO. The van der Waals surface area contributed by atoms with Crippen LogP contribution in [0.1, 0.15) is 39.2 Å². The maximum Gasteiger partial charge on any atom is 0.135 e. The number of nitrogens with two attached hydrogens (primary N) is 1. The van der Waals surface area contributed by atoms with E-state index in [0.717, 1.165) is 5.56 Å². The summed E-state index contributed by atoms with van der Waals surface area (Å²) in [4.78, 5) is 8.16. The van der Waals surface area contributed by atoms with Crippen molar-refractivity contribution < 1.29 is 5.11 Å². The predicted molar refractivity (Wildman–Crippen MR) is 65.3 cm³/mol. The Kier molecular flexibility index (Phi) is 3.70. The maximum atomic E-state index is 9.22. The average molecular weight is 224 g/mol. The Labute approximate surface area is 96.1 Å². The van der Waals surface area contributed by atoms with E-state index in [1.807, 2.05) is 27.7 Å². The minimum absolute atomic E-state index is 0.0223. The molecule has 0 atom stereocenters. The van der Waals surface area contributed by atoms with E-state index in [2.05, 4.69) is 15.3 Å². The van der Waals surface area contributed by atoms with Crippen molar-refractivity contribution >= 4 is 11.6 Å². The molecule has 0 unspecified atom stereocenters. The van der Waals surface area contributed by atoms with E-state index in [9.17, 15) is 5.11 Å². The number of aliphatic hydroxyl groups is 1. The zero-order valence-electron chi connectivity index (χ0n) is 10.3. The molecule has 1 rings (SSSR count). The molecule has 0 amide bonds. The first-order valence-electron chi connectivity index (χ1n) is 5.37. The third-order valence-corrected chi connectivity index (χ3v) is 2.34. The Morgan fingerprint density at radius 2 is 2.06 bits per heavy atom. The van der Waals surface area contributed by atoms with Crippen molar-refractivity contribution in [2.75, 3.05) is 17.7 Å². The number of hydrogen-bond donors (Lipinski definition) is 3. The third-order valence-electron chi connectivity index (χ3n) is 2.34. The fourth-order valence-corrected chi connectivity index (χ4v) is 1.44. The van der Waals surface area contributed by atoms with Crippen molar-refractivity contribution in [1.29, 1.82) is 0 Å². The molecule has 90 valence electrons. The fraction of sp³-hybridized carbons (Fsp3) is 0.636. The van der Waals surface area contributed by atoms with Gasteiger partial charge in [-0.1, -0.05) is 13.8 Å². The molecule has 1 aromatic rings. The molecular formula is C11H20N4O. The first-order chi connectivity index (χ1) is 7.37. The van der Waals surface area contributed by atoms with Crippen molar-refractivity contribution in [2.45, 2.75) is 39.2 Å². The van der Waals surface area contributed by atoms with Crippen molar-refractivity contribution in [3.8, 4) is 0 Å². The van der Waals surface area contributed by atoms with Crippen LogP contribution in [0.4, 0.5) is 11.6 Å². The van der Waals surface area contributed by atoms with E-state index in [-0.39, 0.29) is 12.5 Å². The van der Waals surface area contributed by atoms with E-state index >= 15 is 0 Å². The molecule has 1 aromatic heterocycles. The van der Waals surface area contributed by atoms with Gasteiger partial charge in [0, 0.05) is 5.56 Å². The summed E-state index contributed by atoms with van der Waals surface area (Å²) in [5.74, 6) is 1.42. The molecule has 0 aliphatic heterocycles. The second kappa shape index (κ2) is 4.65. The Balaban J connectivity index is 3.09. The van der Waals surface area contributed by atoms with Crippen LogP contribution in [0.5, 0.6) is 0 Å². The highest BCUT2D eigenvalue weighted by atomic mass is 16.3. The molecule has 0 aliphatic rings. The number of nitrogen functional groups attached to an aromatic ring is 1. The normalized spacial score (nSPS) is 11.9. The van der Waals surface area contributed by atoms with Gasteiger partial charge in [0.15, 0.2) is 0 Å². The summed E-state index contributed by atoms with van der Waals surface area (Å²) < 4.78 is 0. The van der Waals surface area contributed by atoms with Crippen LogP contribution in [0.25, 0.3) is 0 Å². The van der Waals surface area contributed by atoms with E-state index in [1.165, 1.54) is 6.33 Å². The molecule has 5 heteroatoms. The topological polar surface area (TPSA) is 84.1 Å². The molecule has 0 fully saturated rings. The lowest BCUT2D eigenvalue weighted by atomic mass is 10.0. The van der Waals surface area contributed by atoms with Gasteiger partial charge in [-0.05, 0) is 19.8 Å². The highest BCUT2D eigenvalue weighted by Gasteiger charge is 2.20. The number of aliphatic hydroxyl groups excluding tert-OH is 1. The van der Waals surface area contributed by atoms with Crippen LogP contribution in [0.15, 0.2) is 6.33 Å². The van der Waals surface area contributed by atoms with Crippen LogP contribution in [0.2, 0.25) is 0 Å². The molecule has 0 saturated heterocycles. The minimum Gasteiger partial charge on any atom is -0.394 e. The third kappa shape index (κ3) is 2.82. The standard InChI is InChI=1S/C11H20N4O/c1-7(2)8-9(12)13-6-14-10(8)15-11(3,4)5-16/h6-7,16H,5H2,1-4H3,(H3,12,13,14,15). The molecular weight excluding hydrogens is 204 g/mol. The van der Waals surface area contributed by atoms with Gasteiger partial charge in [-0.2, -0.15) is 0 Å². The van der Waals surface area contributed by atoms with Crippen LogP contribution in [0.3, 0.4) is 0 Å². The van der Waals surface area contributed by atoms with Gasteiger partial charge in [-0.15, -0.1) is 0 Å². The van der Waals surface area contributed by atoms with Gasteiger partial charge in [0.25, 0.3) is 0 Å². The van der Waals surface area contributed by atoms with E-state index < -0.39 is 5.54 Å². The monoisotopic (exact) mass is 224 g/mol. The van der Waals surface area contributed by atoms with Crippen LogP contribution in [0, 0.1) is 0 Å². The maximum absolute atomic E-state index is 9.22. The van der Waals surface area contributed by atoms with E-state index in [4.69, 9.17) is 5.73 Å². The van der Waals surface area contributed by atoms with Crippen LogP contribution in [-0.4, -0.2) is 27.2 Å². The van der Waals surface area contributed by atoms with Gasteiger partial charge in [-0.25, -0.2) is 9.97 Å². The van der Waals surface area contributed by atoms with Crippen molar-refractivity contribution in [1.82, 2.24) is 9.97 Å². The van der Waals surface area contributed by atoms with Gasteiger partial charge >= 0.3 is 0 Å². The minimum atomic E-state index is -0.426. The van der Waals surface area contributed by atoms with Gasteiger partial charge in [-0.3, -0.25) is 0 Å². The lowest BCUT2D eigenvalue weighted by Gasteiger charge is -2.26. The Hall–Kier alpha value is -1.36. The number of rotatable bonds is 4. The largest absolute Gasteiger partial charge is 0.394 e. The molecule has 0 saturated carbocycles. The lowest BCUT2D eigenvalue weighted by Crippen LogP contribution is -2.36. The highest BCUT2D eigenvalue weighted by molar-refractivity contribution is 5.57. The van der Waals surface area contributed by atoms with Crippen LogP contribution >= 0.6 is 0 Å².